The standard InChI is InChI=1S/C14H13N3O2S/c1-8-5-11(14(18)19)12-6-15-17(13(12)16-8)7-10-4-3-9(2)20-10/h3-6H,7H2,1-2H3,(H,18,19). The van der Waals surface area contributed by atoms with Crippen LogP contribution in [0.25, 0.3) is 11.0 Å². The highest BCUT2D eigenvalue weighted by atomic mass is 32.1. The molecule has 0 atom stereocenters. The second kappa shape index (κ2) is 4.72. The number of aromatic carboxylic acids is 1. The molecule has 3 aromatic rings. The zero-order valence-electron chi connectivity index (χ0n) is 11.1. The van der Waals surface area contributed by atoms with Crippen LogP contribution < -0.4 is 0 Å². The van der Waals surface area contributed by atoms with Crippen LogP contribution in [-0.2, 0) is 6.54 Å². The summed E-state index contributed by atoms with van der Waals surface area (Å²) >= 11 is 1.70. The molecule has 0 saturated heterocycles. The molecule has 0 bridgehead atoms. The summed E-state index contributed by atoms with van der Waals surface area (Å²) < 4.78 is 1.75. The largest absolute Gasteiger partial charge is 0.478 e. The minimum Gasteiger partial charge on any atom is -0.478 e. The number of pyridine rings is 1. The SMILES string of the molecule is Cc1cc(C(=O)O)c2cnn(Cc3ccc(C)s3)c2n1. The highest BCUT2D eigenvalue weighted by Gasteiger charge is 2.15. The molecule has 3 heterocycles. The lowest BCUT2D eigenvalue weighted by Gasteiger charge is -2.03. The smallest absolute Gasteiger partial charge is 0.336 e. The molecule has 6 heteroatoms. The molecular formula is C14H13N3O2S. The molecule has 0 amide bonds. The third-order valence-corrected chi connectivity index (χ3v) is 4.05. The summed E-state index contributed by atoms with van der Waals surface area (Å²) in [6, 6.07) is 5.69. The van der Waals surface area contributed by atoms with Crippen molar-refractivity contribution in [2.45, 2.75) is 20.4 Å². The van der Waals surface area contributed by atoms with Gasteiger partial charge in [0.25, 0.3) is 0 Å². The Labute approximate surface area is 119 Å². The average molecular weight is 287 g/mol. The summed E-state index contributed by atoms with van der Waals surface area (Å²) in [6.07, 6.45) is 1.58. The number of aryl methyl sites for hydroxylation is 2. The predicted octanol–water partition coefficient (Wildman–Crippen LogP) is 2.86. The normalized spacial score (nSPS) is 11.1. The van der Waals surface area contributed by atoms with E-state index in [2.05, 4.69) is 29.1 Å². The van der Waals surface area contributed by atoms with E-state index >= 15 is 0 Å². The van der Waals surface area contributed by atoms with Gasteiger partial charge in [-0.05, 0) is 32.0 Å². The van der Waals surface area contributed by atoms with E-state index in [0.29, 0.717) is 23.3 Å². The van der Waals surface area contributed by atoms with Gasteiger partial charge in [0.2, 0.25) is 0 Å². The monoisotopic (exact) mass is 287 g/mol. The maximum Gasteiger partial charge on any atom is 0.336 e. The Balaban J connectivity index is 2.11. The lowest BCUT2D eigenvalue weighted by Crippen LogP contribution is -2.04. The van der Waals surface area contributed by atoms with Crippen molar-refractivity contribution in [2.75, 3.05) is 0 Å². The van der Waals surface area contributed by atoms with Gasteiger partial charge >= 0.3 is 5.97 Å². The van der Waals surface area contributed by atoms with Gasteiger partial charge in [-0.15, -0.1) is 11.3 Å². The Kier molecular flexibility index (Phi) is 3.02. The van der Waals surface area contributed by atoms with E-state index in [1.54, 1.807) is 35.2 Å². The number of rotatable bonds is 3. The quantitative estimate of drug-likeness (QED) is 0.804. The van der Waals surface area contributed by atoms with Gasteiger partial charge in [0, 0.05) is 15.4 Å². The molecule has 0 aliphatic carbocycles. The number of hydrogen-bond donors (Lipinski definition) is 1. The van der Waals surface area contributed by atoms with E-state index in [0.717, 1.165) is 0 Å². The number of hydrogen-bond acceptors (Lipinski definition) is 4. The predicted molar refractivity (Wildman–Crippen MR) is 77.4 cm³/mol. The maximum absolute atomic E-state index is 11.3. The highest BCUT2D eigenvalue weighted by Crippen LogP contribution is 2.21. The van der Waals surface area contributed by atoms with Crippen molar-refractivity contribution in [1.29, 1.82) is 0 Å². The first-order chi connectivity index (χ1) is 9.54. The van der Waals surface area contributed by atoms with Crippen LogP contribution in [0.4, 0.5) is 0 Å². The number of nitrogens with zero attached hydrogens (tertiary/aromatic N) is 3. The maximum atomic E-state index is 11.3. The molecular weight excluding hydrogens is 274 g/mol. The molecule has 3 aromatic heterocycles. The van der Waals surface area contributed by atoms with Crippen molar-refractivity contribution in [1.82, 2.24) is 14.8 Å². The summed E-state index contributed by atoms with van der Waals surface area (Å²) in [7, 11) is 0. The Morgan fingerprint density at radius 3 is 2.85 bits per heavy atom. The molecule has 0 radical (unpaired) electrons. The van der Waals surface area contributed by atoms with Crippen LogP contribution >= 0.6 is 11.3 Å². The molecule has 0 aliphatic rings. The molecule has 102 valence electrons. The number of carboxylic acids is 1. The van der Waals surface area contributed by atoms with Crippen LogP contribution in [0, 0.1) is 13.8 Å². The fourth-order valence-corrected chi connectivity index (χ4v) is 3.06. The van der Waals surface area contributed by atoms with Crippen LogP contribution in [0.15, 0.2) is 24.4 Å². The Morgan fingerprint density at radius 2 is 2.20 bits per heavy atom. The van der Waals surface area contributed by atoms with Gasteiger partial charge in [-0.25, -0.2) is 14.5 Å². The molecule has 0 fully saturated rings. The number of thiophene rings is 1. The van der Waals surface area contributed by atoms with Crippen LogP contribution in [0.2, 0.25) is 0 Å². The van der Waals surface area contributed by atoms with E-state index in [1.807, 2.05) is 0 Å². The van der Waals surface area contributed by atoms with Crippen LogP contribution in [0.3, 0.4) is 0 Å². The van der Waals surface area contributed by atoms with Crippen molar-refractivity contribution in [2.24, 2.45) is 0 Å². The Morgan fingerprint density at radius 1 is 1.40 bits per heavy atom. The molecule has 3 rings (SSSR count). The second-order valence-corrected chi connectivity index (χ2v) is 6.04. The van der Waals surface area contributed by atoms with Crippen LogP contribution in [0.5, 0.6) is 0 Å². The Bertz CT molecular complexity index is 804. The molecule has 5 nitrogen and oxygen atoms in total. The fourth-order valence-electron chi connectivity index (χ4n) is 2.18. The first-order valence-corrected chi connectivity index (χ1v) is 6.98. The molecule has 0 aromatic carbocycles. The van der Waals surface area contributed by atoms with Gasteiger partial charge < -0.3 is 5.11 Å². The van der Waals surface area contributed by atoms with E-state index in [1.165, 1.54) is 9.75 Å². The van der Waals surface area contributed by atoms with Crippen molar-refractivity contribution in [3.8, 4) is 0 Å². The molecule has 0 saturated carbocycles. The van der Waals surface area contributed by atoms with Gasteiger partial charge in [0.05, 0.1) is 23.7 Å². The average Bonchev–Trinajstić information content (AvgIpc) is 2.96. The number of fused-ring (bicyclic) bond motifs is 1. The second-order valence-electron chi connectivity index (χ2n) is 4.67. The molecule has 1 N–H and O–H groups in total. The fraction of sp³-hybridized carbons (Fsp3) is 0.214. The molecule has 0 spiro atoms. The minimum absolute atomic E-state index is 0.251. The third-order valence-electron chi connectivity index (χ3n) is 3.07. The summed E-state index contributed by atoms with van der Waals surface area (Å²) in [5, 5.41) is 14.1. The van der Waals surface area contributed by atoms with E-state index < -0.39 is 5.97 Å². The van der Waals surface area contributed by atoms with Crippen LogP contribution in [0.1, 0.15) is 25.8 Å². The molecule has 20 heavy (non-hydrogen) atoms. The number of carboxylic acid groups (broad SMARTS) is 1. The number of aromatic nitrogens is 3. The van der Waals surface area contributed by atoms with Crippen molar-refractivity contribution in [3.63, 3.8) is 0 Å². The summed E-state index contributed by atoms with van der Waals surface area (Å²) in [6.45, 7) is 4.45. The van der Waals surface area contributed by atoms with Crippen molar-refractivity contribution >= 4 is 28.3 Å². The first-order valence-electron chi connectivity index (χ1n) is 6.16. The zero-order chi connectivity index (χ0) is 14.3. The topological polar surface area (TPSA) is 68.0 Å². The minimum atomic E-state index is -0.952. The van der Waals surface area contributed by atoms with Crippen LogP contribution in [-0.4, -0.2) is 25.8 Å². The zero-order valence-corrected chi connectivity index (χ0v) is 11.9. The van der Waals surface area contributed by atoms with Gasteiger partial charge in [-0.2, -0.15) is 5.10 Å². The lowest BCUT2D eigenvalue weighted by molar-refractivity contribution is 0.0699. The molecule has 0 aliphatic heterocycles. The van der Waals surface area contributed by atoms with Gasteiger partial charge in [-0.3, -0.25) is 0 Å². The Hall–Kier alpha value is -2.21. The molecule has 0 unspecified atom stereocenters. The lowest BCUT2D eigenvalue weighted by atomic mass is 10.1. The third kappa shape index (κ3) is 2.18. The van der Waals surface area contributed by atoms with Gasteiger partial charge in [0.1, 0.15) is 0 Å². The number of carbonyl (C=O) groups is 1. The van der Waals surface area contributed by atoms with Gasteiger partial charge in [0.15, 0.2) is 5.65 Å². The van der Waals surface area contributed by atoms with Crippen molar-refractivity contribution < 1.29 is 9.90 Å². The van der Waals surface area contributed by atoms with E-state index in [9.17, 15) is 9.90 Å². The summed E-state index contributed by atoms with van der Waals surface area (Å²) in [5.74, 6) is -0.952. The summed E-state index contributed by atoms with van der Waals surface area (Å²) in [4.78, 5) is 18.1. The van der Waals surface area contributed by atoms with E-state index in [4.69, 9.17) is 0 Å². The summed E-state index contributed by atoms with van der Waals surface area (Å²) in [5.41, 5.74) is 1.55. The van der Waals surface area contributed by atoms with Crippen molar-refractivity contribution in [3.05, 3.63) is 45.4 Å². The van der Waals surface area contributed by atoms with Gasteiger partial charge in [-0.1, -0.05) is 0 Å². The first kappa shape index (κ1) is 12.8. The van der Waals surface area contributed by atoms with E-state index in [-0.39, 0.29) is 5.56 Å². The highest BCUT2D eigenvalue weighted by molar-refractivity contribution is 7.11.